The Balaban J connectivity index is 1.67. The average Bonchev–Trinajstić information content (AvgIpc) is 2.64. The standard InChI is InChI=1S/C18H20F2N4O2/c1-11(18(26)23-16-4-3-13(19)9-21-16)24-7-6-15(20)14(10-24)12-2-5-17(25)22-8-12/h2-5,8-9,11,14-15H,6-7,10H2,1H3,(H,22,25)(H,21,23,26)/t11-,14+,15+/m0/s1. The molecule has 6 nitrogen and oxygen atoms in total. The number of amides is 1. The second kappa shape index (κ2) is 7.74. The summed E-state index contributed by atoms with van der Waals surface area (Å²) in [6.45, 7) is 2.55. The Kier molecular flexibility index (Phi) is 5.41. The molecule has 0 aliphatic carbocycles. The van der Waals surface area contributed by atoms with E-state index in [-0.39, 0.29) is 17.3 Å². The van der Waals surface area contributed by atoms with Crippen LogP contribution in [0.15, 0.2) is 41.5 Å². The Hall–Kier alpha value is -2.61. The molecule has 0 aromatic carbocycles. The second-order valence-corrected chi connectivity index (χ2v) is 6.42. The summed E-state index contributed by atoms with van der Waals surface area (Å²) in [6, 6.07) is 5.09. The number of halogens is 2. The summed E-state index contributed by atoms with van der Waals surface area (Å²) < 4.78 is 27.3. The average molecular weight is 362 g/mol. The van der Waals surface area contributed by atoms with Crippen molar-refractivity contribution in [2.45, 2.75) is 31.5 Å². The maximum atomic E-state index is 14.4. The number of aromatic nitrogens is 2. The zero-order valence-electron chi connectivity index (χ0n) is 14.3. The molecule has 8 heteroatoms. The van der Waals surface area contributed by atoms with E-state index >= 15 is 0 Å². The fraction of sp³-hybridized carbons (Fsp3) is 0.389. The molecule has 0 spiro atoms. The van der Waals surface area contributed by atoms with Crippen molar-refractivity contribution in [3.8, 4) is 0 Å². The lowest BCUT2D eigenvalue weighted by molar-refractivity contribution is -0.121. The van der Waals surface area contributed by atoms with Crippen LogP contribution in [0.2, 0.25) is 0 Å². The van der Waals surface area contributed by atoms with Gasteiger partial charge in [-0.1, -0.05) is 6.07 Å². The van der Waals surface area contributed by atoms with Gasteiger partial charge in [-0.15, -0.1) is 0 Å². The Bertz CT molecular complexity index is 804. The summed E-state index contributed by atoms with van der Waals surface area (Å²) in [5, 5.41) is 2.64. The summed E-state index contributed by atoms with van der Waals surface area (Å²) in [5.41, 5.74) is 0.464. The number of carbonyl (C=O) groups excluding carboxylic acids is 1. The first-order valence-electron chi connectivity index (χ1n) is 8.43. The predicted octanol–water partition coefficient (Wildman–Crippen LogP) is 2.06. The van der Waals surface area contributed by atoms with Crippen molar-refractivity contribution in [1.29, 1.82) is 0 Å². The summed E-state index contributed by atoms with van der Waals surface area (Å²) in [4.78, 5) is 31.9. The maximum Gasteiger partial charge on any atom is 0.247 e. The minimum atomic E-state index is -1.04. The first kappa shape index (κ1) is 18.2. The van der Waals surface area contributed by atoms with Crippen molar-refractivity contribution in [3.05, 3.63) is 58.4 Å². The highest BCUT2D eigenvalue weighted by molar-refractivity contribution is 5.93. The van der Waals surface area contributed by atoms with Crippen LogP contribution in [0.3, 0.4) is 0 Å². The van der Waals surface area contributed by atoms with E-state index in [0.717, 1.165) is 6.20 Å². The van der Waals surface area contributed by atoms with Crippen LogP contribution in [0.1, 0.15) is 24.8 Å². The van der Waals surface area contributed by atoms with Gasteiger partial charge in [-0.2, -0.15) is 0 Å². The quantitative estimate of drug-likeness (QED) is 0.873. The molecule has 26 heavy (non-hydrogen) atoms. The van der Waals surface area contributed by atoms with Crippen LogP contribution in [0.4, 0.5) is 14.6 Å². The van der Waals surface area contributed by atoms with Gasteiger partial charge in [-0.3, -0.25) is 14.5 Å². The topological polar surface area (TPSA) is 78.1 Å². The first-order valence-corrected chi connectivity index (χ1v) is 8.43. The zero-order valence-corrected chi connectivity index (χ0v) is 14.3. The lowest BCUT2D eigenvalue weighted by atomic mass is 9.89. The third kappa shape index (κ3) is 4.13. The Labute approximate surface area is 149 Å². The highest BCUT2D eigenvalue weighted by Crippen LogP contribution is 2.30. The molecule has 0 bridgehead atoms. The number of pyridine rings is 2. The minimum absolute atomic E-state index is 0.239. The molecule has 1 fully saturated rings. The van der Waals surface area contributed by atoms with Gasteiger partial charge in [-0.25, -0.2) is 13.8 Å². The smallest absolute Gasteiger partial charge is 0.247 e. The van der Waals surface area contributed by atoms with Crippen LogP contribution >= 0.6 is 0 Å². The van der Waals surface area contributed by atoms with Gasteiger partial charge in [0.2, 0.25) is 11.5 Å². The van der Waals surface area contributed by atoms with Crippen molar-refractivity contribution in [2.24, 2.45) is 0 Å². The number of H-pyrrole nitrogens is 1. The fourth-order valence-corrected chi connectivity index (χ4v) is 3.11. The van der Waals surface area contributed by atoms with E-state index in [0.29, 0.717) is 25.1 Å². The number of rotatable bonds is 4. The van der Waals surface area contributed by atoms with Gasteiger partial charge in [0.1, 0.15) is 17.8 Å². The molecule has 1 saturated heterocycles. The van der Waals surface area contributed by atoms with Crippen LogP contribution in [0, 0.1) is 5.82 Å². The molecule has 0 saturated carbocycles. The van der Waals surface area contributed by atoms with Crippen molar-refractivity contribution >= 4 is 11.7 Å². The van der Waals surface area contributed by atoms with Gasteiger partial charge < -0.3 is 10.3 Å². The molecule has 1 amide bonds. The van der Waals surface area contributed by atoms with E-state index in [4.69, 9.17) is 0 Å². The lowest BCUT2D eigenvalue weighted by Crippen LogP contribution is -2.49. The third-order valence-corrected chi connectivity index (χ3v) is 4.70. The van der Waals surface area contributed by atoms with E-state index in [9.17, 15) is 18.4 Å². The monoisotopic (exact) mass is 362 g/mol. The molecule has 3 atom stereocenters. The van der Waals surface area contributed by atoms with E-state index in [1.54, 1.807) is 13.0 Å². The second-order valence-electron chi connectivity index (χ2n) is 6.42. The lowest BCUT2D eigenvalue weighted by Gasteiger charge is -2.38. The molecular formula is C18H20F2N4O2. The number of alkyl halides is 1. The van der Waals surface area contributed by atoms with Gasteiger partial charge in [0.15, 0.2) is 0 Å². The molecule has 138 valence electrons. The summed E-state index contributed by atoms with van der Waals surface area (Å²) in [5.74, 6) is -0.924. The van der Waals surface area contributed by atoms with Crippen LogP contribution in [0.25, 0.3) is 0 Å². The Morgan fingerprint density at radius 2 is 2.19 bits per heavy atom. The molecule has 2 N–H and O–H groups in total. The van der Waals surface area contributed by atoms with Gasteiger partial charge in [-0.05, 0) is 31.0 Å². The molecule has 1 aliphatic heterocycles. The number of nitrogens with zero attached hydrogens (tertiary/aromatic N) is 2. The highest BCUT2D eigenvalue weighted by Gasteiger charge is 2.34. The SMILES string of the molecule is C[C@@H](C(=O)Nc1ccc(F)cn1)N1CC[C@@H](F)[C@@H](c2ccc(=O)[nH]c2)C1. The van der Waals surface area contributed by atoms with Gasteiger partial charge in [0.05, 0.1) is 12.2 Å². The third-order valence-electron chi connectivity index (χ3n) is 4.70. The minimum Gasteiger partial charge on any atom is -0.329 e. The summed E-state index contributed by atoms with van der Waals surface area (Å²) in [7, 11) is 0. The number of hydrogen-bond acceptors (Lipinski definition) is 4. The van der Waals surface area contributed by atoms with Crippen molar-refractivity contribution in [1.82, 2.24) is 14.9 Å². The van der Waals surface area contributed by atoms with Gasteiger partial charge in [0, 0.05) is 31.3 Å². The molecule has 0 radical (unpaired) electrons. The van der Waals surface area contributed by atoms with Crippen LogP contribution < -0.4 is 10.9 Å². The summed E-state index contributed by atoms with van der Waals surface area (Å²) in [6.07, 6.45) is 1.82. The molecule has 3 heterocycles. The first-order chi connectivity index (χ1) is 12.4. The number of aromatic amines is 1. The van der Waals surface area contributed by atoms with Crippen molar-refractivity contribution in [2.75, 3.05) is 18.4 Å². The van der Waals surface area contributed by atoms with Crippen molar-refractivity contribution in [3.63, 3.8) is 0 Å². The van der Waals surface area contributed by atoms with Crippen molar-refractivity contribution < 1.29 is 13.6 Å². The molecule has 1 aliphatic rings. The number of nitrogens with one attached hydrogen (secondary N) is 2. The van der Waals surface area contributed by atoms with Crippen LogP contribution in [-0.2, 0) is 4.79 Å². The number of hydrogen-bond donors (Lipinski definition) is 2. The van der Waals surface area contributed by atoms with E-state index in [2.05, 4.69) is 15.3 Å². The molecule has 3 rings (SSSR count). The molecular weight excluding hydrogens is 342 g/mol. The van der Waals surface area contributed by atoms with Gasteiger partial charge >= 0.3 is 0 Å². The largest absolute Gasteiger partial charge is 0.329 e. The van der Waals surface area contributed by atoms with E-state index in [1.807, 2.05) is 4.90 Å². The maximum absolute atomic E-state index is 14.4. The Morgan fingerprint density at radius 3 is 2.85 bits per heavy atom. The number of anilines is 1. The molecule has 0 unspecified atom stereocenters. The zero-order chi connectivity index (χ0) is 18.7. The van der Waals surface area contributed by atoms with E-state index in [1.165, 1.54) is 24.4 Å². The number of carbonyl (C=O) groups is 1. The van der Waals surface area contributed by atoms with Crippen LogP contribution in [0.5, 0.6) is 0 Å². The normalized spacial score (nSPS) is 22.0. The fourth-order valence-electron chi connectivity index (χ4n) is 3.11. The van der Waals surface area contributed by atoms with Gasteiger partial charge in [0.25, 0.3) is 0 Å². The summed E-state index contributed by atoms with van der Waals surface area (Å²) >= 11 is 0. The highest BCUT2D eigenvalue weighted by atomic mass is 19.1. The number of piperidine rings is 1. The number of likely N-dealkylation sites (tertiary alicyclic amines) is 1. The molecule has 2 aromatic heterocycles. The Morgan fingerprint density at radius 1 is 1.38 bits per heavy atom. The van der Waals surface area contributed by atoms with Crippen LogP contribution in [-0.4, -0.2) is 46.1 Å². The predicted molar refractivity (Wildman–Crippen MR) is 93.2 cm³/mol. The molecule has 2 aromatic rings. The van der Waals surface area contributed by atoms with E-state index < -0.39 is 23.9 Å².